The van der Waals surface area contributed by atoms with Gasteiger partial charge in [-0.2, -0.15) is 0 Å². The van der Waals surface area contributed by atoms with Gasteiger partial charge < -0.3 is 24.8 Å². The number of fused-ring (bicyclic) bond motifs is 15. The molecule has 328 valence electrons. The second-order valence-electron chi connectivity index (χ2n) is 18.4. The standard InChI is InChI=1S/C16H22N2O.C15H21N3O.C9H15N.C7H7NO2.2ClH/c1-19-16-8-5-11(9-17-16)10-18-14-6-7-15(18)13-4-2-3-12(13)14;1-19-15-5-2-10(6-17-15)9-18-13-3-4-14(18)12-8-16-7-11(12)13;1-2-6-7(3-1)9-5-4-8(6)10-9;1-10-7-3-2-6(5-9)4-8-7;;/h5,8-9,12-15H,2-4,6-7,10H2,1H3;2,5-6,11-14,16H,3-4,7-9H2,1H3;6-10H,1-5H2;2-5H,1H3;2*1H/t12-,13+,14-,15+;11-,12+,13-,14+;6-,7+,8-,9+;;;. The maximum Gasteiger partial charge on any atom is 0.212 e. The Kier molecular flexibility index (Phi) is 15.3. The summed E-state index contributed by atoms with van der Waals surface area (Å²) in [4.78, 5) is 28.1. The highest BCUT2D eigenvalue weighted by atomic mass is 35.5. The summed E-state index contributed by atoms with van der Waals surface area (Å²) in [5.74, 6) is 7.92. The van der Waals surface area contributed by atoms with Crippen molar-refractivity contribution in [3.63, 3.8) is 0 Å². The summed E-state index contributed by atoms with van der Waals surface area (Å²) >= 11 is 0. The number of carbonyl (C=O) groups excluding carboxylic acids is 1. The van der Waals surface area contributed by atoms with E-state index < -0.39 is 0 Å². The first-order valence-electron chi connectivity index (χ1n) is 22.5. The molecule has 0 aromatic carbocycles. The second-order valence-corrected chi connectivity index (χ2v) is 18.4. The second kappa shape index (κ2) is 20.4. The lowest BCUT2D eigenvalue weighted by Crippen LogP contribution is -2.33. The molecular formula is C47H67Cl2N7O4. The highest BCUT2D eigenvalue weighted by Gasteiger charge is 2.55. The molecule has 9 fully saturated rings. The first kappa shape index (κ1) is 45.0. The van der Waals surface area contributed by atoms with Crippen molar-refractivity contribution in [1.82, 2.24) is 35.4 Å². The van der Waals surface area contributed by atoms with Crippen LogP contribution in [0.25, 0.3) is 0 Å². The van der Waals surface area contributed by atoms with Gasteiger partial charge in [0.2, 0.25) is 17.6 Å². The lowest BCUT2D eigenvalue weighted by atomic mass is 9.82. The third-order valence-corrected chi connectivity index (χ3v) is 15.9. The molecule has 3 aromatic rings. The number of hydrogen-bond acceptors (Lipinski definition) is 11. The van der Waals surface area contributed by atoms with E-state index in [-0.39, 0.29) is 24.8 Å². The fourth-order valence-corrected chi connectivity index (χ4v) is 13.4. The Hall–Kier alpha value is -3.06. The van der Waals surface area contributed by atoms with Crippen LogP contribution in [0.5, 0.6) is 17.6 Å². The van der Waals surface area contributed by atoms with Crippen LogP contribution in [0.1, 0.15) is 98.5 Å². The molecule has 0 spiro atoms. The molecule has 13 heteroatoms. The number of pyridine rings is 3. The van der Waals surface area contributed by atoms with E-state index in [2.05, 4.69) is 47.5 Å². The molecule has 3 aromatic heterocycles. The van der Waals surface area contributed by atoms with Crippen molar-refractivity contribution in [2.45, 2.75) is 126 Å². The van der Waals surface area contributed by atoms with Crippen LogP contribution in [0.3, 0.4) is 0 Å². The Morgan fingerprint density at radius 1 is 0.550 bits per heavy atom. The molecule has 60 heavy (non-hydrogen) atoms. The summed E-state index contributed by atoms with van der Waals surface area (Å²) in [6.45, 7) is 4.59. The number of aromatic nitrogens is 3. The van der Waals surface area contributed by atoms with E-state index in [1.54, 1.807) is 26.4 Å². The summed E-state index contributed by atoms with van der Waals surface area (Å²) in [7, 11) is 4.86. The molecule has 12 rings (SSSR count). The van der Waals surface area contributed by atoms with Gasteiger partial charge in [-0.1, -0.05) is 25.0 Å². The van der Waals surface area contributed by atoms with Gasteiger partial charge in [0.05, 0.1) is 21.3 Å². The molecule has 2 N–H and O–H groups in total. The van der Waals surface area contributed by atoms with E-state index in [0.717, 1.165) is 91.1 Å². The molecule has 11 nitrogen and oxygen atoms in total. The van der Waals surface area contributed by atoms with E-state index in [9.17, 15) is 4.79 Å². The third-order valence-electron chi connectivity index (χ3n) is 15.9. The van der Waals surface area contributed by atoms with Gasteiger partial charge in [0.15, 0.2) is 6.29 Å². The first-order chi connectivity index (χ1) is 28.5. The van der Waals surface area contributed by atoms with Crippen molar-refractivity contribution in [3.05, 3.63) is 71.7 Å². The highest BCUT2D eigenvalue weighted by molar-refractivity contribution is 5.85. The minimum atomic E-state index is 0. The highest BCUT2D eigenvalue weighted by Crippen LogP contribution is 2.54. The van der Waals surface area contributed by atoms with Crippen molar-refractivity contribution in [3.8, 4) is 17.6 Å². The van der Waals surface area contributed by atoms with E-state index in [0.29, 0.717) is 23.2 Å². The van der Waals surface area contributed by atoms with Gasteiger partial charge >= 0.3 is 0 Å². The minimum absolute atomic E-state index is 0. The molecule has 2 saturated carbocycles. The van der Waals surface area contributed by atoms with Gasteiger partial charge in [0.25, 0.3) is 0 Å². The number of nitrogens with one attached hydrogen (secondary N) is 2. The van der Waals surface area contributed by atoms with E-state index in [1.807, 2.05) is 24.5 Å². The Morgan fingerprint density at radius 2 is 0.967 bits per heavy atom. The zero-order valence-corrected chi connectivity index (χ0v) is 37.3. The monoisotopic (exact) mass is 863 g/mol. The summed E-state index contributed by atoms with van der Waals surface area (Å²) < 4.78 is 15.0. The molecule has 9 aliphatic rings. The lowest BCUT2D eigenvalue weighted by Gasteiger charge is -2.24. The van der Waals surface area contributed by atoms with Crippen molar-refractivity contribution >= 4 is 31.1 Å². The van der Waals surface area contributed by atoms with Gasteiger partial charge in [-0.25, -0.2) is 15.0 Å². The zero-order valence-electron chi connectivity index (χ0n) is 35.7. The zero-order chi connectivity index (χ0) is 39.6. The van der Waals surface area contributed by atoms with Gasteiger partial charge in [-0.05, 0) is 130 Å². The van der Waals surface area contributed by atoms with Crippen molar-refractivity contribution in [2.75, 3.05) is 34.4 Å². The largest absolute Gasteiger partial charge is 0.481 e. The number of rotatable bonds is 8. The molecule has 7 aliphatic heterocycles. The van der Waals surface area contributed by atoms with Gasteiger partial charge in [0, 0.05) is 91.7 Å². The number of nitrogens with zero attached hydrogens (tertiary/aromatic N) is 5. The predicted octanol–water partition coefficient (Wildman–Crippen LogP) is 7.41. The number of methoxy groups -OCH3 is 3. The Bertz CT molecular complexity index is 1670. The summed E-state index contributed by atoms with van der Waals surface area (Å²) in [6, 6.07) is 16.8. The van der Waals surface area contributed by atoms with Crippen LogP contribution in [-0.2, 0) is 13.1 Å². The molecule has 7 saturated heterocycles. The SMILES string of the molecule is C1C[C@@H]2[C@H](C1)[C@@H]1CC[C@H]2N1.COc1ccc(C=O)cn1.COc1ccc(CN2[C@@H]3CC[C@H]2[C@H]2CCC[C@H]23)cn1.COc1ccc(CN2[C@@H]3CC[C@H]2[C@H]2CNC[C@H]23)cn1.Cl.Cl. The van der Waals surface area contributed by atoms with Crippen LogP contribution in [0.15, 0.2) is 55.0 Å². The molecular weight excluding hydrogens is 797 g/mol. The van der Waals surface area contributed by atoms with Gasteiger partial charge in [-0.3, -0.25) is 14.6 Å². The molecule has 2 aliphatic carbocycles. The average Bonchev–Trinajstić information content (AvgIpc) is 4.13. The number of hydrogen-bond donors (Lipinski definition) is 2. The van der Waals surface area contributed by atoms with Crippen LogP contribution in [0.4, 0.5) is 0 Å². The summed E-state index contributed by atoms with van der Waals surface area (Å²) in [5.41, 5.74) is 3.20. The predicted molar refractivity (Wildman–Crippen MR) is 238 cm³/mol. The van der Waals surface area contributed by atoms with Crippen LogP contribution in [0.2, 0.25) is 0 Å². The summed E-state index contributed by atoms with van der Waals surface area (Å²) in [5, 5.41) is 7.30. The van der Waals surface area contributed by atoms with Crippen molar-refractivity contribution in [1.29, 1.82) is 0 Å². The first-order valence-corrected chi connectivity index (χ1v) is 22.5. The Labute approximate surface area is 369 Å². The molecule has 0 amide bonds. The number of halogens is 2. The normalized spacial score (nSPS) is 34.3. The fourth-order valence-electron chi connectivity index (χ4n) is 13.4. The van der Waals surface area contributed by atoms with E-state index in [1.165, 1.54) is 115 Å². The Balaban J connectivity index is 0.000000125. The van der Waals surface area contributed by atoms with Crippen LogP contribution in [-0.4, -0.2) is 102 Å². The quantitative estimate of drug-likeness (QED) is 0.221. The minimum Gasteiger partial charge on any atom is -0.481 e. The fraction of sp³-hybridized carbons (Fsp3) is 0.660. The van der Waals surface area contributed by atoms with Crippen LogP contribution in [0, 0.1) is 35.5 Å². The molecule has 0 unspecified atom stereocenters. The van der Waals surface area contributed by atoms with E-state index >= 15 is 0 Å². The number of carbonyl (C=O) groups is 1. The molecule has 10 heterocycles. The Morgan fingerprint density at radius 3 is 1.35 bits per heavy atom. The lowest BCUT2D eigenvalue weighted by molar-refractivity contribution is 0.112. The third kappa shape index (κ3) is 9.18. The van der Waals surface area contributed by atoms with E-state index in [4.69, 9.17) is 14.2 Å². The van der Waals surface area contributed by atoms with Gasteiger partial charge in [0.1, 0.15) is 0 Å². The average molecular weight is 865 g/mol. The van der Waals surface area contributed by atoms with Crippen LogP contribution < -0.4 is 24.8 Å². The molecule has 6 bridgehead atoms. The maximum absolute atomic E-state index is 10.1. The number of aldehydes is 1. The topological polar surface area (TPSA) is 114 Å². The smallest absolute Gasteiger partial charge is 0.212 e. The van der Waals surface area contributed by atoms with Crippen molar-refractivity contribution in [2.24, 2.45) is 35.5 Å². The van der Waals surface area contributed by atoms with Crippen molar-refractivity contribution < 1.29 is 19.0 Å². The number of ether oxygens (including phenoxy) is 3. The van der Waals surface area contributed by atoms with Crippen LogP contribution >= 0.6 is 24.8 Å². The molecule has 0 radical (unpaired) electrons. The maximum atomic E-state index is 10.1. The summed E-state index contributed by atoms with van der Waals surface area (Å²) in [6.07, 6.45) is 23.7. The van der Waals surface area contributed by atoms with Gasteiger partial charge in [-0.15, -0.1) is 24.8 Å². The molecule has 12 atom stereocenters.